The molecule has 2 amide bonds. The van der Waals surface area contributed by atoms with E-state index in [0.717, 1.165) is 15.4 Å². The molecular formula is C30H37N3O4S. The van der Waals surface area contributed by atoms with Gasteiger partial charge in [-0.25, -0.2) is 8.42 Å². The average molecular weight is 536 g/mol. The molecule has 0 spiro atoms. The first-order chi connectivity index (χ1) is 17.9. The Balaban J connectivity index is 2.03. The van der Waals surface area contributed by atoms with Gasteiger partial charge < -0.3 is 10.2 Å². The normalized spacial score (nSPS) is 12.4. The summed E-state index contributed by atoms with van der Waals surface area (Å²) in [5.41, 5.74) is 1.65. The number of carbonyl (C=O) groups excluding carboxylic acids is 2. The second kappa shape index (κ2) is 12.3. The largest absolute Gasteiger partial charge is 0.350 e. The molecule has 0 aliphatic rings. The highest BCUT2D eigenvalue weighted by Gasteiger charge is 2.34. The van der Waals surface area contributed by atoms with Crippen LogP contribution in [0.25, 0.3) is 0 Å². The number of hydrogen-bond donors (Lipinski definition) is 1. The lowest BCUT2D eigenvalue weighted by Gasteiger charge is -2.34. The molecule has 0 saturated heterocycles. The number of nitrogens with zero attached hydrogens (tertiary/aromatic N) is 2. The van der Waals surface area contributed by atoms with Crippen LogP contribution in [0.2, 0.25) is 0 Å². The van der Waals surface area contributed by atoms with E-state index >= 15 is 0 Å². The van der Waals surface area contributed by atoms with Crippen LogP contribution in [-0.4, -0.2) is 43.3 Å². The van der Waals surface area contributed by atoms with Crippen LogP contribution in [-0.2, 0) is 26.2 Å². The fraction of sp³-hybridized carbons (Fsp3) is 0.333. The molecule has 0 heterocycles. The van der Waals surface area contributed by atoms with Crippen LogP contribution < -0.4 is 9.62 Å². The molecule has 0 aliphatic heterocycles. The number of aryl methyl sites for hydroxylation is 1. The van der Waals surface area contributed by atoms with Crippen molar-refractivity contribution in [2.45, 2.75) is 64.1 Å². The van der Waals surface area contributed by atoms with Crippen LogP contribution in [0, 0.1) is 6.92 Å². The molecule has 1 N–H and O–H groups in total. The van der Waals surface area contributed by atoms with E-state index in [1.165, 1.54) is 4.90 Å². The van der Waals surface area contributed by atoms with Crippen molar-refractivity contribution in [2.75, 3.05) is 10.8 Å². The van der Waals surface area contributed by atoms with Gasteiger partial charge in [0.25, 0.3) is 10.0 Å². The highest BCUT2D eigenvalue weighted by atomic mass is 32.2. The maximum atomic E-state index is 14.0. The molecule has 7 nitrogen and oxygen atoms in total. The van der Waals surface area contributed by atoms with Gasteiger partial charge in [-0.15, -0.1) is 0 Å². The SMILES string of the molecule is CC[C@@H](C(=O)NC(C)(C)C)N(Cc1ccccc1)C(=O)CN(c1ccccc1)S(=O)(=O)c1ccc(C)cc1. The van der Waals surface area contributed by atoms with Gasteiger partial charge in [-0.2, -0.15) is 0 Å². The number of benzene rings is 3. The summed E-state index contributed by atoms with van der Waals surface area (Å²) >= 11 is 0. The van der Waals surface area contributed by atoms with E-state index in [4.69, 9.17) is 0 Å². The second-order valence-electron chi connectivity index (χ2n) is 10.3. The number of carbonyl (C=O) groups is 2. The molecule has 202 valence electrons. The minimum absolute atomic E-state index is 0.0897. The highest BCUT2D eigenvalue weighted by Crippen LogP contribution is 2.25. The Bertz CT molecular complexity index is 1320. The number of para-hydroxylation sites is 1. The summed E-state index contributed by atoms with van der Waals surface area (Å²) in [6, 6.07) is 23.7. The summed E-state index contributed by atoms with van der Waals surface area (Å²) in [6.07, 6.45) is 0.372. The summed E-state index contributed by atoms with van der Waals surface area (Å²) in [5, 5.41) is 2.97. The number of rotatable bonds is 10. The first kappa shape index (κ1) is 28.9. The zero-order valence-corrected chi connectivity index (χ0v) is 23.5. The summed E-state index contributed by atoms with van der Waals surface area (Å²) < 4.78 is 28.7. The zero-order chi connectivity index (χ0) is 27.9. The summed E-state index contributed by atoms with van der Waals surface area (Å²) in [7, 11) is -4.07. The second-order valence-corrected chi connectivity index (χ2v) is 12.2. The summed E-state index contributed by atoms with van der Waals surface area (Å²) in [4.78, 5) is 28.8. The monoisotopic (exact) mass is 535 g/mol. The molecule has 0 aromatic heterocycles. The highest BCUT2D eigenvalue weighted by molar-refractivity contribution is 7.92. The molecule has 0 bridgehead atoms. The van der Waals surface area contributed by atoms with E-state index < -0.39 is 34.1 Å². The van der Waals surface area contributed by atoms with Crippen LogP contribution in [0.3, 0.4) is 0 Å². The average Bonchev–Trinajstić information content (AvgIpc) is 2.87. The molecule has 1 atom stereocenters. The van der Waals surface area contributed by atoms with Gasteiger partial charge in [-0.1, -0.05) is 73.2 Å². The van der Waals surface area contributed by atoms with Crippen LogP contribution in [0.15, 0.2) is 89.8 Å². The van der Waals surface area contributed by atoms with E-state index in [9.17, 15) is 18.0 Å². The molecule has 0 radical (unpaired) electrons. The summed E-state index contributed by atoms with van der Waals surface area (Å²) in [5.74, 6) is -0.749. The maximum absolute atomic E-state index is 14.0. The minimum atomic E-state index is -4.07. The number of anilines is 1. The van der Waals surface area contributed by atoms with Crippen molar-refractivity contribution >= 4 is 27.5 Å². The lowest BCUT2D eigenvalue weighted by molar-refractivity contribution is -0.141. The van der Waals surface area contributed by atoms with Gasteiger partial charge in [0.15, 0.2) is 0 Å². The molecule has 3 rings (SSSR count). The smallest absolute Gasteiger partial charge is 0.264 e. The van der Waals surface area contributed by atoms with Gasteiger partial charge in [0, 0.05) is 12.1 Å². The first-order valence-electron chi connectivity index (χ1n) is 12.7. The third kappa shape index (κ3) is 7.44. The third-order valence-electron chi connectivity index (χ3n) is 6.01. The van der Waals surface area contributed by atoms with Crippen molar-refractivity contribution in [1.29, 1.82) is 0 Å². The molecule has 3 aromatic carbocycles. The van der Waals surface area contributed by atoms with Crippen LogP contribution in [0.5, 0.6) is 0 Å². The Morgan fingerprint density at radius 2 is 1.42 bits per heavy atom. The zero-order valence-electron chi connectivity index (χ0n) is 22.7. The lowest BCUT2D eigenvalue weighted by atomic mass is 10.1. The molecule has 0 aliphatic carbocycles. The Morgan fingerprint density at radius 3 is 1.95 bits per heavy atom. The lowest BCUT2D eigenvalue weighted by Crippen LogP contribution is -2.55. The van der Waals surface area contributed by atoms with Gasteiger partial charge in [0.2, 0.25) is 11.8 Å². The van der Waals surface area contributed by atoms with E-state index in [1.807, 2.05) is 65.0 Å². The quantitative estimate of drug-likeness (QED) is 0.400. The molecular weight excluding hydrogens is 498 g/mol. The topological polar surface area (TPSA) is 86.8 Å². The molecule has 3 aromatic rings. The van der Waals surface area contributed by atoms with Gasteiger partial charge in [0.1, 0.15) is 12.6 Å². The Labute approximate surface area is 226 Å². The third-order valence-corrected chi connectivity index (χ3v) is 7.80. The van der Waals surface area contributed by atoms with Gasteiger partial charge >= 0.3 is 0 Å². The van der Waals surface area contributed by atoms with Crippen molar-refractivity contribution in [1.82, 2.24) is 10.2 Å². The van der Waals surface area contributed by atoms with Gasteiger partial charge in [0.05, 0.1) is 10.6 Å². The Morgan fingerprint density at radius 1 is 0.868 bits per heavy atom. The number of nitrogens with one attached hydrogen (secondary N) is 1. The standard InChI is InChI=1S/C30H37N3O4S/c1-6-27(29(35)31-30(3,4)5)32(21-24-13-9-7-10-14-24)28(34)22-33(25-15-11-8-12-16-25)38(36,37)26-19-17-23(2)18-20-26/h7-20,27H,6,21-22H2,1-5H3,(H,31,35)/t27-/m0/s1. The van der Waals surface area contributed by atoms with Crippen molar-refractivity contribution in [3.8, 4) is 0 Å². The summed E-state index contributed by atoms with van der Waals surface area (Å²) in [6.45, 7) is 9.08. The van der Waals surface area contributed by atoms with Crippen molar-refractivity contribution in [2.24, 2.45) is 0 Å². The Hall–Kier alpha value is -3.65. The van der Waals surface area contributed by atoms with Gasteiger partial charge in [-0.3, -0.25) is 13.9 Å². The van der Waals surface area contributed by atoms with Crippen molar-refractivity contribution in [3.63, 3.8) is 0 Å². The maximum Gasteiger partial charge on any atom is 0.264 e. The number of sulfonamides is 1. The van der Waals surface area contributed by atoms with Crippen LogP contribution in [0.4, 0.5) is 5.69 Å². The van der Waals surface area contributed by atoms with E-state index in [-0.39, 0.29) is 17.3 Å². The van der Waals surface area contributed by atoms with E-state index in [2.05, 4.69) is 5.32 Å². The molecule has 0 fully saturated rings. The predicted octanol–water partition coefficient (Wildman–Crippen LogP) is 4.91. The number of hydrogen-bond acceptors (Lipinski definition) is 4. The van der Waals surface area contributed by atoms with E-state index in [1.54, 1.807) is 54.6 Å². The minimum Gasteiger partial charge on any atom is -0.350 e. The fourth-order valence-corrected chi connectivity index (χ4v) is 5.53. The van der Waals surface area contributed by atoms with E-state index in [0.29, 0.717) is 12.1 Å². The molecule has 0 saturated carbocycles. The van der Waals surface area contributed by atoms with Crippen molar-refractivity contribution in [3.05, 3.63) is 96.1 Å². The predicted molar refractivity (Wildman–Crippen MR) is 151 cm³/mol. The Kier molecular flexibility index (Phi) is 9.33. The van der Waals surface area contributed by atoms with Gasteiger partial charge in [-0.05, 0) is 63.9 Å². The molecule has 38 heavy (non-hydrogen) atoms. The van der Waals surface area contributed by atoms with Crippen LogP contribution in [0.1, 0.15) is 45.2 Å². The number of amides is 2. The molecule has 0 unspecified atom stereocenters. The van der Waals surface area contributed by atoms with Crippen LogP contribution >= 0.6 is 0 Å². The fourth-order valence-electron chi connectivity index (χ4n) is 4.11. The molecule has 8 heteroatoms. The first-order valence-corrected chi connectivity index (χ1v) is 14.2. The van der Waals surface area contributed by atoms with Crippen molar-refractivity contribution < 1.29 is 18.0 Å².